The van der Waals surface area contributed by atoms with Crippen LogP contribution in [0.15, 0.2) is 24.8 Å². The zero-order chi connectivity index (χ0) is 14.5. The van der Waals surface area contributed by atoms with Gasteiger partial charge in [-0.05, 0) is 19.4 Å². The molecule has 0 saturated carbocycles. The number of nitrogens with zero attached hydrogens (tertiary/aromatic N) is 4. The molecule has 1 N–H and O–H groups in total. The lowest BCUT2D eigenvalue weighted by molar-refractivity contribution is 0.0937. The molecule has 2 rings (SSSR count). The molecular weight excluding hydrogens is 278 g/mol. The fourth-order valence-electron chi connectivity index (χ4n) is 1.91. The van der Waals surface area contributed by atoms with Crippen molar-refractivity contribution in [3.63, 3.8) is 0 Å². The number of aryl methyl sites for hydroxylation is 1. The van der Waals surface area contributed by atoms with Gasteiger partial charge >= 0.3 is 0 Å². The third kappa shape index (κ3) is 3.14. The number of hydrogen-bond donors (Lipinski definition) is 1. The van der Waals surface area contributed by atoms with E-state index in [0.29, 0.717) is 10.6 Å². The first-order chi connectivity index (χ1) is 9.63. The molecule has 7 heteroatoms. The van der Waals surface area contributed by atoms with Crippen molar-refractivity contribution in [3.8, 4) is 0 Å². The van der Waals surface area contributed by atoms with Crippen LogP contribution >= 0.6 is 11.6 Å². The van der Waals surface area contributed by atoms with Gasteiger partial charge in [-0.2, -0.15) is 0 Å². The van der Waals surface area contributed by atoms with Crippen molar-refractivity contribution >= 4 is 17.5 Å². The molecule has 2 aromatic heterocycles. The zero-order valence-electron chi connectivity index (χ0n) is 11.4. The van der Waals surface area contributed by atoms with Crippen LogP contribution in [-0.4, -0.2) is 25.7 Å². The van der Waals surface area contributed by atoms with Crippen LogP contribution in [0.2, 0.25) is 5.02 Å². The Kier molecular flexibility index (Phi) is 4.68. The lowest BCUT2D eigenvalue weighted by Crippen LogP contribution is -2.29. The standard InChI is InChI=1S/C13H16ClN5O/c1-3-6-19-8-16-18-12(19)9(2)17-13(20)10-4-5-15-7-11(10)14/h4-5,7-9H,3,6H2,1-2H3,(H,17,20)/t9-/m0/s1. The normalized spacial score (nSPS) is 12.2. The summed E-state index contributed by atoms with van der Waals surface area (Å²) in [7, 11) is 0. The van der Waals surface area contributed by atoms with Gasteiger partial charge in [-0.25, -0.2) is 0 Å². The van der Waals surface area contributed by atoms with Crippen molar-refractivity contribution in [1.29, 1.82) is 0 Å². The van der Waals surface area contributed by atoms with E-state index in [1.807, 2.05) is 11.5 Å². The molecule has 1 amide bonds. The van der Waals surface area contributed by atoms with Crippen LogP contribution < -0.4 is 5.32 Å². The monoisotopic (exact) mass is 293 g/mol. The lowest BCUT2D eigenvalue weighted by Gasteiger charge is -2.14. The highest BCUT2D eigenvalue weighted by Gasteiger charge is 2.17. The number of nitrogens with one attached hydrogen (secondary N) is 1. The third-order valence-electron chi connectivity index (χ3n) is 2.86. The van der Waals surface area contributed by atoms with Gasteiger partial charge in [-0.3, -0.25) is 9.78 Å². The predicted octanol–water partition coefficient (Wildman–Crippen LogP) is 2.23. The average Bonchev–Trinajstić information content (AvgIpc) is 2.88. The molecule has 0 bridgehead atoms. The van der Waals surface area contributed by atoms with E-state index in [1.54, 1.807) is 12.4 Å². The Morgan fingerprint density at radius 3 is 3.05 bits per heavy atom. The highest BCUT2D eigenvalue weighted by atomic mass is 35.5. The van der Waals surface area contributed by atoms with Gasteiger partial charge in [0.05, 0.1) is 16.6 Å². The van der Waals surface area contributed by atoms with Crippen LogP contribution in [0.4, 0.5) is 0 Å². The number of halogens is 1. The first-order valence-corrected chi connectivity index (χ1v) is 6.79. The van der Waals surface area contributed by atoms with E-state index in [2.05, 4.69) is 27.4 Å². The van der Waals surface area contributed by atoms with Crippen molar-refractivity contribution < 1.29 is 4.79 Å². The minimum atomic E-state index is -0.254. The van der Waals surface area contributed by atoms with Gasteiger partial charge in [0.1, 0.15) is 6.33 Å². The van der Waals surface area contributed by atoms with Crippen LogP contribution in [0.3, 0.4) is 0 Å². The van der Waals surface area contributed by atoms with Gasteiger partial charge in [0.25, 0.3) is 5.91 Å². The van der Waals surface area contributed by atoms with Crippen LogP contribution in [0.25, 0.3) is 0 Å². The van der Waals surface area contributed by atoms with Crippen molar-refractivity contribution in [2.75, 3.05) is 0 Å². The summed E-state index contributed by atoms with van der Waals surface area (Å²) < 4.78 is 1.93. The molecule has 0 saturated heterocycles. The fourth-order valence-corrected chi connectivity index (χ4v) is 2.12. The summed E-state index contributed by atoms with van der Waals surface area (Å²) in [5, 5.41) is 11.1. The van der Waals surface area contributed by atoms with E-state index in [0.717, 1.165) is 18.8 Å². The second kappa shape index (κ2) is 6.47. The molecule has 0 spiro atoms. The summed E-state index contributed by atoms with van der Waals surface area (Å²) in [5.41, 5.74) is 0.398. The van der Waals surface area contributed by atoms with E-state index in [-0.39, 0.29) is 11.9 Å². The number of hydrogen-bond acceptors (Lipinski definition) is 4. The Labute approximate surface area is 122 Å². The van der Waals surface area contributed by atoms with Gasteiger partial charge in [0.15, 0.2) is 5.82 Å². The smallest absolute Gasteiger partial charge is 0.253 e. The summed E-state index contributed by atoms with van der Waals surface area (Å²) in [5.74, 6) is 0.473. The van der Waals surface area contributed by atoms with E-state index in [9.17, 15) is 4.79 Å². The minimum Gasteiger partial charge on any atom is -0.342 e. The predicted molar refractivity (Wildman–Crippen MR) is 75.4 cm³/mol. The molecule has 0 fully saturated rings. The molecule has 1 atom stereocenters. The van der Waals surface area contributed by atoms with Crippen molar-refractivity contribution in [1.82, 2.24) is 25.1 Å². The van der Waals surface area contributed by atoms with E-state index in [1.165, 1.54) is 12.4 Å². The quantitative estimate of drug-likeness (QED) is 0.917. The molecular formula is C13H16ClN5O. The Hall–Kier alpha value is -1.95. The van der Waals surface area contributed by atoms with Crippen molar-refractivity contribution in [2.45, 2.75) is 32.9 Å². The SMILES string of the molecule is CCCn1cnnc1[C@H](C)NC(=O)c1ccncc1Cl. The summed E-state index contributed by atoms with van der Waals surface area (Å²) in [4.78, 5) is 16.0. The second-order valence-corrected chi connectivity index (χ2v) is 4.84. The van der Waals surface area contributed by atoms with Gasteiger partial charge < -0.3 is 9.88 Å². The van der Waals surface area contributed by atoms with E-state index < -0.39 is 0 Å². The van der Waals surface area contributed by atoms with E-state index >= 15 is 0 Å². The second-order valence-electron chi connectivity index (χ2n) is 4.43. The highest BCUT2D eigenvalue weighted by molar-refractivity contribution is 6.33. The number of pyridine rings is 1. The van der Waals surface area contributed by atoms with Crippen LogP contribution in [0.1, 0.15) is 42.5 Å². The molecule has 0 aliphatic heterocycles. The van der Waals surface area contributed by atoms with E-state index in [4.69, 9.17) is 11.6 Å². The Bertz CT molecular complexity index is 598. The average molecular weight is 294 g/mol. The summed E-state index contributed by atoms with van der Waals surface area (Å²) >= 11 is 5.95. The minimum absolute atomic E-state index is 0.249. The van der Waals surface area contributed by atoms with Crippen molar-refractivity contribution in [2.24, 2.45) is 0 Å². The fraction of sp³-hybridized carbons (Fsp3) is 0.385. The number of amides is 1. The topological polar surface area (TPSA) is 72.7 Å². The van der Waals surface area contributed by atoms with Crippen LogP contribution in [-0.2, 0) is 6.54 Å². The highest BCUT2D eigenvalue weighted by Crippen LogP contribution is 2.16. The first kappa shape index (κ1) is 14.5. The zero-order valence-corrected chi connectivity index (χ0v) is 12.1. The van der Waals surface area contributed by atoms with Crippen molar-refractivity contribution in [3.05, 3.63) is 41.2 Å². The van der Waals surface area contributed by atoms with Crippen LogP contribution in [0.5, 0.6) is 0 Å². The molecule has 106 valence electrons. The molecule has 2 aromatic rings. The maximum Gasteiger partial charge on any atom is 0.253 e. The third-order valence-corrected chi connectivity index (χ3v) is 3.16. The van der Waals surface area contributed by atoms with Gasteiger partial charge in [0, 0.05) is 18.9 Å². The van der Waals surface area contributed by atoms with Gasteiger partial charge in [-0.1, -0.05) is 18.5 Å². The number of rotatable bonds is 5. The summed E-state index contributed by atoms with van der Waals surface area (Å²) in [6, 6.07) is 1.34. The Balaban J connectivity index is 2.11. The maximum absolute atomic E-state index is 12.2. The molecule has 20 heavy (non-hydrogen) atoms. The maximum atomic E-state index is 12.2. The molecule has 2 heterocycles. The molecule has 0 aromatic carbocycles. The number of carbonyl (C=O) groups is 1. The number of aromatic nitrogens is 4. The Morgan fingerprint density at radius 2 is 2.35 bits per heavy atom. The Morgan fingerprint density at radius 1 is 1.55 bits per heavy atom. The van der Waals surface area contributed by atoms with Gasteiger partial charge in [0.2, 0.25) is 0 Å². The largest absolute Gasteiger partial charge is 0.342 e. The number of carbonyl (C=O) groups excluding carboxylic acids is 1. The van der Waals surface area contributed by atoms with Crippen LogP contribution in [0, 0.1) is 0 Å². The molecule has 6 nitrogen and oxygen atoms in total. The molecule has 0 aliphatic carbocycles. The summed E-state index contributed by atoms with van der Waals surface area (Å²) in [6.45, 7) is 4.76. The molecule has 0 aliphatic rings. The first-order valence-electron chi connectivity index (χ1n) is 6.41. The van der Waals surface area contributed by atoms with Gasteiger partial charge in [-0.15, -0.1) is 10.2 Å². The summed E-state index contributed by atoms with van der Waals surface area (Å²) in [6.07, 6.45) is 5.62. The molecule has 0 radical (unpaired) electrons. The lowest BCUT2D eigenvalue weighted by atomic mass is 10.2. The molecule has 0 unspecified atom stereocenters.